The van der Waals surface area contributed by atoms with Gasteiger partial charge in [-0.05, 0) is 43.3 Å². The number of imidazole rings is 1. The second kappa shape index (κ2) is 8.39. The molecule has 0 radical (unpaired) electrons. The van der Waals surface area contributed by atoms with Crippen LogP contribution in [0.5, 0.6) is 11.6 Å². The smallest absolute Gasteiger partial charge is 0.291 e. The zero-order valence-electron chi connectivity index (χ0n) is 17.4. The van der Waals surface area contributed by atoms with Gasteiger partial charge >= 0.3 is 0 Å². The second-order valence-corrected chi connectivity index (χ2v) is 7.13. The summed E-state index contributed by atoms with van der Waals surface area (Å²) >= 11 is 0. The van der Waals surface area contributed by atoms with E-state index in [1.807, 2.05) is 0 Å². The molecule has 1 amide bonds. The normalized spacial score (nSPS) is 10.8. The Kier molecular flexibility index (Phi) is 5.12. The van der Waals surface area contributed by atoms with Gasteiger partial charge in [0, 0.05) is 30.2 Å². The van der Waals surface area contributed by atoms with Crippen LogP contribution in [0.25, 0.3) is 16.8 Å². The second-order valence-electron chi connectivity index (χ2n) is 7.13. The maximum atomic E-state index is 12.6. The summed E-state index contributed by atoms with van der Waals surface area (Å²) in [7, 11) is 0. The van der Waals surface area contributed by atoms with Crippen molar-refractivity contribution < 1.29 is 13.9 Å². The van der Waals surface area contributed by atoms with E-state index in [1.165, 1.54) is 6.07 Å². The highest BCUT2D eigenvalue weighted by atomic mass is 16.5. The molecule has 3 heterocycles. The number of aryl methyl sites for hydroxylation is 1. The number of hydrogen-bond acceptors (Lipinski definition) is 7. The van der Waals surface area contributed by atoms with Crippen LogP contribution in [0.4, 0.5) is 5.69 Å². The first kappa shape index (κ1) is 20.1. The summed E-state index contributed by atoms with van der Waals surface area (Å²) in [5, 5.41) is 3.14. The van der Waals surface area contributed by atoms with Crippen molar-refractivity contribution in [3.05, 3.63) is 101 Å². The van der Waals surface area contributed by atoms with E-state index < -0.39 is 5.91 Å². The molecule has 0 spiro atoms. The van der Waals surface area contributed by atoms with Crippen LogP contribution >= 0.6 is 0 Å². The quantitative estimate of drug-likeness (QED) is 0.438. The molecule has 0 fully saturated rings. The highest BCUT2D eigenvalue weighted by Crippen LogP contribution is 2.23. The lowest BCUT2D eigenvalue weighted by atomic mass is 10.2. The molecule has 33 heavy (non-hydrogen) atoms. The van der Waals surface area contributed by atoms with Crippen molar-refractivity contribution in [2.45, 2.75) is 6.92 Å². The third-order valence-electron chi connectivity index (χ3n) is 4.76. The van der Waals surface area contributed by atoms with Gasteiger partial charge in [0.1, 0.15) is 29.3 Å². The number of benzene rings is 2. The molecule has 162 valence electrons. The van der Waals surface area contributed by atoms with E-state index in [4.69, 9.17) is 9.15 Å². The van der Waals surface area contributed by atoms with E-state index in [2.05, 4.69) is 20.3 Å². The molecular formula is C24H17N5O4. The average molecular weight is 439 g/mol. The van der Waals surface area contributed by atoms with Gasteiger partial charge in [-0.3, -0.25) is 14.2 Å². The van der Waals surface area contributed by atoms with Crippen LogP contribution in [0.2, 0.25) is 0 Å². The third kappa shape index (κ3) is 4.33. The molecule has 0 saturated heterocycles. The Morgan fingerprint density at radius 1 is 1.06 bits per heavy atom. The van der Waals surface area contributed by atoms with Crippen LogP contribution < -0.4 is 15.5 Å². The Morgan fingerprint density at radius 3 is 2.67 bits per heavy atom. The zero-order valence-corrected chi connectivity index (χ0v) is 17.4. The monoisotopic (exact) mass is 439 g/mol. The number of nitrogens with one attached hydrogen (secondary N) is 1. The molecule has 0 aliphatic rings. The standard InChI is InChI=1S/C24H17N5O4/c1-15-26-22(29-11-10-25-14-29)13-23(27-15)32-17-8-6-16(7-9-17)28-24(31)21-12-19(30)18-4-2-3-5-20(18)33-21/h2-14H,1H3,(H,28,31). The summed E-state index contributed by atoms with van der Waals surface area (Å²) in [6.07, 6.45) is 5.08. The van der Waals surface area contributed by atoms with E-state index in [-0.39, 0.29) is 11.2 Å². The van der Waals surface area contributed by atoms with Gasteiger partial charge in [-0.25, -0.2) is 9.97 Å². The van der Waals surface area contributed by atoms with Gasteiger partial charge in [0.2, 0.25) is 5.88 Å². The van der Waals surface area contributed by atoms with Crippen molar-refractivity contribution in [1.29, 1.82) is 0 Å². The molecule has 9 heteroatoms. The number of anilines is 1. The first-order valence-electron chi connectivity index (χ1n) is 10.0. The van der Waals surface area contributed by atoms with Gasteiger partial charge in [0.15, 0.2) is 11.2 Å². The van der Waals surface area contributed by atoms with Crippen LogP contribution in [0.15, 0.2) is 88.6 Å². The molecular weight excluding hydrogens is 422 g/mol. The molecule has 1 N–H and O–H groups in total. The number of aromatic nitrogens is 4. The number of rotatable bonds is 5. The van der Waals surface area contributed by atoms with Crippen molar-refractivity contribution in [2.75, 3.05) is 5.32 Å². The number of ether oxygens (including phenoxy) is 1. The summed E-state index contributed by atoms with van der Waals surface area (Å²) < 4.78 is 13.2. The Balaban J connectivity index is 1.31. The molecule has 0 saturated carbocycles. The average Bonchev–Trinajstić information content (AvgIpc) is 3.35. The highest BCUT2D eigenvalue weighted by Gasteiger charge is 2.13. The summed E-state index contributed by atoms with van der Waals surface area (Å²) in [6.45, 7) is 1.77. The molecule has 9 nitrogen and oxygen atoms in total. The number of carbonyl (C=O) groups excluding carboxylic acids is 1. The van der Waals surface area contributed by atoms with Crippen LogP contribution in [-0.2, 0) is 0 Å². The largest absolute Gasteiger partial charge is 0.451 e. The highest BCUT2D eigenvalue weighted by molar-refractivity contribution is 6.03. The van der Waals surface area contributed by atoms with Crippen molar-refractivity contribution in [3.63, 3.8) is 0 Å². The maximum absolute atomic E-state index is 12.6. The van der Waals surface area contributed by atoms with Gasteiger partial charge in [0.25, 0.3) is 5.91 Å². The SMILES string of the molecule is Cc1nc(Oc2ccc(NC(=O)c3cc(=O)c4ccccc4o3)cc2)cc(-n2ccnc2)n1. The Bertz CT molecular complexity index is 1510. The molecule has 3 aromatic heterocycles. The van der Waals surface area contributed by atoms with E-state index in [0.717, 1.165) is 0 Å². The minimum Gasteiger partial charge on any atom is -0.451 e. The lowest BCUT2D eigenvalue weighted by Gasteiger charge is -2.09. The predicted octanol–water partition coefficient (Wildman–Crippen LogP) is 4.12. The van der Waals surface area contributed by atoms with E-state index in [0.29, 0.717) is 39.9 Å². The first-order chi connectivity index (χ1) is 16.0. The Labute approximate surface area is 187 Å². The van der Waals surface area contributed by atoms with Crippen molar-refractivity contribution in [1.82, 2.24) is 19.5 Å². The lowest BCUT2D eigenvalue weighted by molar-refractivity contribution is 0.0997. The fourth-order valence-electron chi connectivity index (χ4n) is 3.24. The molecule has 5 aromatic rings. The molecule has 0 atom stereocenters. The number of nitrogens with zero attached hydrogens (tertiary/aromatic N) is 4. The molecule has 0 unspecified atom stereocenters. The minimum atomic E-state index is -0.525. The molecule has 0 aliphatic carbocycles. The summed E-state index contributed by atoms with van der Waals surface area (Å²) in [4.78, 5) is 37.5. The number of carbonyl (C=O) groups is 1. The van der Waals surface area contributed by atoms with Crippen molar-refractivity contribution >= 4 is 22.6 Å². The fraction of sp³-hybridized carbons (Fsp3) is 0.0417. The lowest BCUT2D eigenvalue weighted by Crippen LogP contribution is -2.14. The number of hydrogen-bond donors (Lipinski definition) is 1. The molecule has 0 bridgehead atoms. The predicted molar refractivity (Wildman–Crippen MR) is 121 cm³/mol. The van der Waals surface area contributed by atoms with E-state index in [9.17, 15) is 9.59 Å². The van der Waals surface area contributed by atoms with Gasteiger partial charge in [-0.15, -0.1) is 0 Å². The van der Waals surface area contributed by atoms with Crippen LogP contribution in [0, 0.1) is 6.92 Å². The van der Waals surface area contributed by atoms with Gasteiger partial charge in [-0.1, -0.05) is 12.1 Å². The summed E-state index contributed by atoms with van der Waals surface area (Å²) in [5.74, 6) is 1.50. The first-order valence-corrected chi connectivity index (χ1v) is 10.0. The van der Waals surface area contributed by atoms with E-state index in [1.54, 1.807) is 84.8 Å². The molecule has 2 aromatic carbocycles. The van der Waals surface area contributed by atoms with Gasteiger partial charge < -0.3 is 14.5 Å². The molecule has 0 aliphatic heterocycles. The Morgan fingerprint density at radius 2 is 1.88 bits per heavy atom. The fourth-order valence-corrected chi connectivity index (χ4v) is 3.24. The number of amides is 1. The van der Waals surface area contributed by atoms with Crippen LogP contribution in [-0.4, -0.2) is 25.4 Å². The van der Waals surface area contributed by atoms with Gasteiger partial charge in [-0.2, -0.15) is 4.98 Å². The number of para-hydroxylation sites is 1. The molecule has 5 rings (SSSR count). The van der Waals surface area contributed by atoms with Crippen molar-refractivity contribution in [2.24, 2.45) is 0 Å². The van der Waals surface area contributed by atoms with Gasteiger partial charge in [0.05, 0.1) is 5.39 Å². The third-order valence-corrected chi connectivity index (χ3v) is 4.76. The van der Waals surface area contributed by atoms with Crippen LogP contribution in [0.3, 0.4) is 0 Å². The van der Waals surface area contributed by atoms with Crippen LogP contribution in [0.1, 0.15) is 16.4 Å². The van der Waals surface area contributed by atoms with Crippen molar-refractivity contribution in [3.8, 4) is 17.4 Å². The minimum absolute atomic E-state index is 0.0671. The topological polar surface area (TPSA) is 112 Å². The maximum Gasteiger partial charge on any atom is 0.291 e. The zero-order chi connectivity index (χ0) is 22.8. The summed E-state index contributed by atoms with van der Waals surface area (Å²) in [6, 6.07) is 16.4. The Hall–Kier alpha value is -4.79. The number of fused-ring (bicyclic) bond motifs is 1. The van der Waals surface area contributed by atoms with E-state index >= 15 is 0 Å². The summed E-state index contributed by atoms with van der Waals surface area (Å²) in [5.41, 5.74) is 0.594.